The van der Waals surface area contributed by atoms with Gasteiger partial charge in [0, 0.05) is 24.0 Å². The van der Waals surface area contributed by atoms with E-state index >= 15 is 0 Å². The summed E-state index contributed by atoms with van der Waals surface area (Å²) in [5, 5.41) is 5.92. The summed E-state index contributed by atoms with van der Waals surface area (Å²) in [6.07, 6.45) is 5.23. The van der Waals surface area contributed by atoms with Crippen molar-refractivity contribution in [2.24, 2.45) is 7.05 Å². The van der Waals surface area contributed by atoms with E-state index in [1.807, 2.05) is 17.8 Å². The number of aromatic nitrogens is 2. The fraction of sp³-hybridized carbons (Fsp3) is 0.462. The van der Waals surface area contributed by atoms with Gasteiger partial charge in [0.05, 0.1) is 11.2 Å². The monoisotopic (exact) mass is 215 g/mol. The van der Waals surface area contributed by atoms with Crippen LogP contribution in [-0.4, -0.2) is 9.78 Å². The second-order valence-corrected chi connectivity index (χ2v) is 4.77. The average molecular weight is 215 g/mol. The number of anilines is 1. The Morgan fingerprint density at radius 2 is 2.06 bits per heavy atom. The Balaban J connectivity index is 2.19. The largest absolute Gasteiger partial charge is 0.399 e. The molecular weight excluding hydrogens is 198 g/mol. The summed E-state index contributed by atoms with van der Waals surface area (Å²) in [4.78, 5) is 0. The van der Waals surface area contributed by atoms with E-state index in [-0.39, 0.29) is 0 Å². The molecule has 16 heavy (non-hydrogen) atoms. The van der Waals surface area contributed by atoms with Gasteiger partial charge in [0.25, 0.3) is 0 Å². The molecule has 3 nitrogen and oxygen atoms in total. The fourth-order valence-electron chi connectivity index (χ4n) is 2.81. The quantitative estimate of drug-likeness (QED) is 0.743. The minimum atomic E-state index is 0.644. The molecule has 1 fully saturated rings. The van der Waals surface area contributed by atoms with Crippen LogP contribution in [0.15, 0.2) is 18.2 Å². The van der Waals surface area contributed by atoms with Crippen molar-refractivity contribution in [3.8, 4) is 0 Å². The van der Waals surface area contributed by atoms with Crippen molar-refractivity contribution in [1.29, 1.82) is 0 Å². The van der Waals surface area contributed by atoms with E-state index < -0.39 is 0 Å². The molecule has 84 valence electrons. The maximum atomic E-state index is 5.86. The lowest BCUT2D eigenvalue weighted by Gasteiger charge is -2.05. The minimum Gasteiger partial charge on any atom is -0.399 e. The molecule has 3 rings (SSSR count). The van der Waals surface area contributed by atoms with Crippen molar-refractivity contribution in [2.45, 2.75) is 31.6 Å². The first-order chi connectivity index (χ1) is 7.75. The van der Waals surface area contributed by atoms with Crippen molar-refractivity contribution in [1.82, 2.24) is 9.78 Å². The number of rotatable bonds is 1. The van der Waals surface area contributed by atoms with Crippen LogP contribution in [0.2, 0.25) is 0 Å². The Morgan fingerprint density at radius 3 is 2.81 bits per heavy atom. The van der Waals surface area contributed by atoms with E-state index in [4.69, 9.17) is 5.73 Å². The van der Waals surface area contributed by atoms with Gasteiger partial charge < -0.3 is 5.73 Å². The topological polar surface area (TPSA) is 43.8 Å². The summed E-state index contributed by atoms with van der Waals surface area (Å²) < 4.78 is 1.97. The fourth-order valence-corrected chi connectivity index (χ4v) is 2.81. The summed E-state index contributed by atoms with van der Waals surface area (Å²) in [7, 11) is 2.01. The standard InChI is InChI=1S/C13H17N3/c1-16-12-7-6-10(14)8-11(12)13(15-16)9-4-2-3-5-9/h6-9H,2-5,14H2,1H3. The maximum absolute atomic E-state index is 5.86. The Hall–Kier alpha value is -1.51. The van der Waals surface area contributed by atoms with Gasteiger partial charge in [0.2, 0.25) is 0 Å². The van der Waals surface area contributed by atoms with Crippen LogP contribution in [0.3, 0.4) is 0 Å². The maximum Gasteiger partial charge on any atom is 0.0734 e. The molecule has 1 aliphatic carbocycles. The molecule has 1 aromatic carbocycles. The Morgan fingerprint density at radius 1 is 1.31 bits per heavy atom. The molecule has 0 unspecified atom stereocenters. The predicted octanol–water partition coefficient (Wildman–Crippen LogP) is 2.81. The molecule has 1 heterocycles. The lowest BCUT2D eigenvalue weighted by Crippen LogP contribution is -1.96. The highest BCUT2D eigenvalue weighted by Crippen LogP contribution is 2.37. The van der Waals surface area contributed by atoms with E-state index in [9.17, 15) is 0 Å². The number of aryl methyl sites for hydroxylation is 1. The van der Waals surface area contributed by atoms with Crippen LogP contribution in [0.1, 0.15) is 37.3 Å². The summed E-state index contributed by atoms with van der Waals surface area (Å²) in [5.74, 6) is 0.644. The molecule has 2 N–H and O–H groups in total. The van der Waals surface area contributed by atoms with E-state index in [2.05, 4.69) is 17.2 Å². The third kappa shape index (κ3) is 1.39. The molecule has 0 aliphatic heterocycles. The predicted molar refractivity (Wildman–Crippen MR) is 66.3 cm³/mol. The molecule has 0 spiro atoms. The van der Waals surface area contributed by atoms with E-state index in [1.165, 1.54) is 42.3 Å². The summed E-state index contributed by atoms with van der Waals surface area (Å²) >= 11 is 0. The number of benzene rings is 1. The first-order valence-corrected chi connectivity index (χ1v) is 5.98. The zero-order valence-electron chi connectivity index (χ0n) is 9.61. The number of hydrogen-bond donors (Lipinski definition) is 1. The average Bonchev–Trinajstić information content (AvgIpc) is 2.86. The van der Waals surface area contributed by atoms with Crippen molar-refractivity contribution < 1.29 is 0 Å². The van der Waals surface area contributed by atoms with Gasteiger partial charge in [-0.3, -0.25) is 4.68 Å². The highest BCUT2D eigenvalue weighted by molar-refractivity contribution is 5.85. The molecule has 0 saturated heterocycles. The van der Waals surface area contributed by atoms with Gasteiger partial charge in [-0.05, 0) is 31.0 Å². The molecule has 0 radical (unpaired) electrons. The lowest BCUT2D eigenvalue weighted by atomic mass is 10.0. The van der Waals surface area contributed by atoms with Crippen molar-refractivity contribution in [3.63, 3.8) is 0 Å². The van der Waals surface area contributed by atoms with Crippen molar-refractivity contribution >= 4 is 16.6 Å². The van der Waals surface area contributed by atoms with Crippen LogP contribution in [0.5, 0.6) is 0 Å². The first kappa shape index (κ1) is 9.70. The van der Waals surface area contributed by atoms with Crippen LogP contribution in [0, 0.1) is 0 Å². The van der Waals surface area contributed by atoms with Crippen LogP contribution >= 0.6 is 0 Å². The molecular formula is C13H17N3. The van der Waals surface area contributed by atoms with Gasteiger partial charge in [-0.2, -0.15) is 5.10 Å². The normalized spacial score (nSPS) is 17.3. The van der Waals surface area contributed by atoms with Crippen molar-refractivity contribution in [3.05, 3.63) is 23.9 Å². The second kappa shape index (κ2) is 3.51. The Kier molecular flexibility index (Phi) is 2.13. The van der Waals surface area contributed by atoms with Gasteiger partial charge in [-0.15, -0.1) is 0 Å². The molecule has 1 aromatic heterocycles. The van der Waals surface area contributed by atoms with Crippen LogP contribution in [-0.2, 0) is 7.05 Å². The van der Waals surface area contributed by atoms with Crippen LogP contribution in [0.25, 0.3) is 10.9 Å². The summed E-state index contributed by atoms with van der Waals surface area (Å²) in [5.41, 5.74) is 9.14. The Labute approximate surface area is 95.2 Å². The SMILES string of the molecule is Cn1nc(C2CCCC2)c2cc(N)ccc21. The number of hydrogen-bond acceptors (Lipinski definition) is 2. The van der Waals surface area contributed by atoms with Crippen LogP contribution < -0.4 is 5.73 Å². The second-order valence-electron chi connectivity index (χ2n) is 4.77. The zero-order valence-corrected chi connectivity index (χ0v) is 9.61. The number of nitrogen functional groups attached to an aromatic ring is 1. The molecule has 1 aliphatic rings. The minimum absolute atomic E-state index is 0.644. The molecule has 1 saturated carbocycles. The number of nitrogens with zero attached hydrogens (tertiary/aromatic N) is 2. The first-order valence-electron chi connectivity index (χ1n) is 5.98. The summed E-state index contributed by atoms with van der Waals surface area (Å²) in [6, 6.07) is 6.08. The summed E-state index contributed by atoms with van der Waals surface area (Å²) in [6.45, 7) is 0. The van der Waals surface area contributed by atoms with Crippen LogP contribution in [0.4, 0.5) is 5.69 Å². The van der Waals surface area contributed by atoms with Gasteiger partial charge in [-0.1, -0.05) is 12.8 Å². The Bertz CT molecular complexity index is 521. The lowest BCUT2D eigenvalue weighted by molar-refractivity contribution is 0.666. The third-order valence-electron chi connectivity index (χ3n) is 3.64. The zero-order chi connectivity index (χ0) is 11.1. The highest BCUT2D eigenvalue weighted by atomic mass is 15.3. The molecule has 0 amide bonds. The van der Waals surface area contributed by atoms with Gasteiger partial charge in [0.15, 0.2) is 0 Å². The van der Waals surface area contributed by atoms with Gasteiger partial charge >= 0.3 is 0 Å². The number of fused-ring (bicyclic) bond motifs is 1. The molecule has 3 heteroatoms. The highest BCUT2D eigenvalue weighted by Gasteiger charge is 2.22. The van der Waals surface area contributed by atoms with E-state index in [0.717, 1.165) is 5.69 Å². The van der Waals surface area contributed by atoms with E-state index in [0.29, 0.717) is 5.92 Å². The number of nitrogens with two attached hydrogens (primary N) is 1. The van der Waals surface area contributed by atoms with Gasteiger partial charge in [-0.25, -0.2) is 0 Å². The smallest absolute Gasteiger partial charge is 0.0734 e. The molecule has 2 aromatic rings. The third-order valence-corrected chi connectivity index (χ3v) is 3.64. The molecule has 0 atom stereocenters. The van der Waals surface area contributed by atoms with E-state index in [1.54, 1.807) is 0 Å². The van der Waals surface area contributed by atoms with Crippen molar-refractivity contribution in [2.75, 3.05) is 5.73 Å². The van der Waals surface area contributed by atoms with Gasteiger partial charge in [0.1, 0.15) is 0 Å². The molecule has 0 bridgehead atoms.